The van der Waals surface area contributed by atoms with Crippen LogP contribution >= 0.6 is 0 Å². The van der Waals surface area contributed by atoms with E-state index >= 15 is 0 Å². The summed E-state index contributed by atoms with van der Waals surface area (Å²) in [5.41, 5.74) is 0. The lowest BCUT2D eigenvalue weighted by atomic mass is 9.98. The fourth-order valence-electron chi connectivity index (χ4n) is 2.30. The number of carboxylic acid groups (broad SMARTS) is 2. The van der Waals surface area contributed by atoms with E-state index in [0.29, 0.717) is 25.6 Å². The maximum atomic E-state index is 12.0. The lowest BCUT2D eigenvalue weighted by Gasteiger charge is -2.32. The van der Waals surface area contributed by atoms with Crippen molar-refractivity contribution in [2.24, 2.45) is 5.92 Å². The van der Waals surface area contributed by atoms with Gasteiger partial charge < -0.3 is 25.2 Å². The van der Waals surface area contributed by atoms with Gasteiger partial charge in [-0.2, -0.15) is 0 Å². The van der Waals surface area contributed by atoms with Crippen molar-refractivity contribution in [1.82, 2.24) is 10.2 Å². The van der Waals surface area contributed by atoms with Crippen LogP contribution in [0.3, 0.4) is 0 Å². The van der Waals surface area contributed by atoms with Crippen molar-refractivity contribution in [3.63, 3.8) is 0 Å². The molecule has 1 aliphatic heterocycles. The second kappa shape index (κ2) is 8.46. The van der Waals surface area contributed by atoms with Gasteiger partial charge in [-0.25, -0.2) is 9.59 Å². The van der Waals surface area contributed by atoms with Crippen molar-refractivity contribution in [2.45, 2.75) is 31.7 Å². The Balaban J connectivity index is 2.43. The molecule has 0 aliphatic carbocycles. The third kappa shape index (κ3) is 5.99. The monoisotopic (exact) mass is 302 g/mol. The van der Waals surface area contributed by atoms with E-state index in [4.69, 9.17) is 14.9 Å². The Kier molecular flexibility index (Phi) is 6.93. The largest absolute Gasteiger partial charge is 0.481 e. The minimum absolute atomic E-state index is 0.128. The Bertz CT molecular complexity index is 379. The van der Waals surface area contributed by atoms with E-state index in [-0.39, 0.29) is 12.8 Å². The second-order valence-corrected chi connectivity index (χ2v) is 5.16. The molecule has 1 atom stereocenters. The number of amides is 2. The summed E-state index contributed by atoms with van der Waals surface area (Å²) in [7, 11) is 1.64. The molecule has 1 heterocycles. The number of rotatable bonds is 7. The molecular formula is C13H22N2O6. The molecule has 0 aromatic carbocycles. The van der Waals surface area contributed by atoms with Gasteiger partial charge in [0.15, 0.2) is 0 Å². The van der Waals surface area contributed by atoms with Crippen LogP contribution in [0.1, 0.15) is 25.7 Å². The Hall–Kier alpha value is -1.83. The van der Waals surface area contributed by atoms with Crippen LogP contribution in [-0.4, -0.2) is 65.9 Å². The summed E-state index contributed by atoms with van der Waals surface area (Å²) in [4.78, 5) is 35.1. The van der Waals surface area contributed by atoms with Crippen molar-refractivity contribution in [1.29, 1.82) is 0 Å². The van der Waals surface area contributed by atoms with Crippen molar-refractivity contribution >= 4 is 18.0 Å². The Labute approximate surface area is 123 Å². The van der Waals surface area contributed by atoms with E-state index in [0.717, 1.165) is 12.8 Å². The average molecular weight is 302 g/mol. The molecule has 1 fully saturated rings. The van der Waals surface area contributed by atoms with Gasteiger partial charge in [0.1, 0.15) is 6.04 Å². The van der Waals surface area contributed by atoms with E-state index in [1.54, 1.807) is 12.0 Å². The number of ether oxygens (including phenoxy) is 1. The molecule has 21 heavy (non-hydrogen) atoms. The van der Waals surface area contributed by atoms with Gasteiger partial charge in [0.2, 0.25) is 0 Å². The Morgan fingerprint density at radius 1 is 1.29 bits per heavy atom. The topological polar surface area (TPSA) is 116 Å². The molecule has 8 nitrogen and oxygen atoms in total. The van der Waals surface area contributed by atoms with Gasteiger partial charge in [0.25, 0.3) is 0 Å². The lowest BCUT2D eigenvalue weighted by molar-refractivity contribution is -0.140. The number of aliphatic carboxylic acids is 2. The van der Waals surface area contributed by atoms with Crippen molar-refractivity contribution < 1.29 is 29.3 Å². The molecule has 1 rings (SSSR count). The smallest absolute Gasteiger partial charge is 0.326 e. The zero-order valence-corrected chi connectivity index (χ0v) is 12.1. The molecule has 0 bridgehead atoms. The lowest BCUT2D eigenvalue weighted by Crippen LogP contribution is -2.50. The first-order chi connectivity index (χ1) is 9.93. The quantitative estimate of drug-likeness (QED) is 0.626. The number of urea groups is 1. The summed E-state index contributed by atoms with van der Waals surface area (Å²) < 4.78 is 5.08. The maximum Gasteiger partial charge on any atom is 0.326 e. The molecular weight excluding hydrogens is 280 g/mol. The van der Waals surface area contributed by atoms with Crippen LogP contribution in [-0.2, 0) is 14.3 Å². The number of carboxylic acids is 2. The molecule has 120 valence electrons. The number of carbonyl (C=O) groups excluding carboxylic acids is 1. The Morgan fingerprint density at radius 3 is 2.38 bits per heavy atom. The normalized spacial score (nSPS) is 17.3. The molecule has 1 unspecified atom stereocenters. The molecule has 3 N–H and O–H groups in total. The number of piperidine rings is 1. The van der Waals surface area contributed by atoms with Gasteiger partial charge in [-0.1, -0.05) is 0 Å². The molecule has 8 heteroatoms. The summed E-state index contributed by atoms with van der Waals surface area (Å²) in [5, 5.41) is 20.0. The first-order valence-corrected chi connectivity index (χ1v) is 6.93. The minimum Gasteiger partial charge on any atom is -0.481 e. The summed E-state index contributed by atoms with van der Waals surface area (Å²) in [6.07, 6.45) is 1.20. The van der Waals surface area contributed by atoms with Gasteiger partial charge in [-0.3, -0.25) is 4.79 Å². The van der Waals surface area contributed by atoms with Gasteiger partial charge in [-0.05, 0) is 25.2 Å². The minimum atomic E-state index is -1.22. The predicted octanol–water partition coefficient (Wildman–Crippen LogP) is 0.372. The first-order valence-electron chi connectivity index (χ1n) is 6.93. The zero-order valence-electron chi connectivity index (χ0n) is 12.1. The van der Waals surface area contributed by atoms with E-state index < -0.39 is 24.0 Å². The van der Waals surface area contributed by atoms with E-state index in [2.05, 4.69) is 5.32 Å². The molecule has 2 amide bonds. The van der Waals surface area contributed by atoms with Gasteiger partial charge in [0, 0.05) is 33.2 Å². The third-order valence-corrected chi connectivity index (χ3v) is 3.55. The fourth-order valence-corrected chi connectivity index (χ4v) is 2.30. The van der Waals surface area contributed by atoms with Gasteiger partial charge >= 0.3 is 18.0 Å². The highest BCUT2D eigenvalue weighted by molar-refractivity contribution is 5.83. The highest BCUT2D eigenvalue weighted by Crippen LogP contribution is 2.17. The molecule has 0 aromatic heterocycles. The molecule has 0 radical (unpaired) electrons. The van der Waals surface area contributed by atoms with Crippen LogP contribution in [0, 0.1) is 5.92 Å². The van der Waals surface area contributed by atoms with Crippen molar-refractivity contribution in [3.8, 4) is 0 Å². The number of methoxy groups -OCH3 is 1. The second-order valence-electron chi connectivity index (χ2n) is 5.16. The molecule has 1 saturated heterocycles. The van der Waals surface area contributed by atoms with Gasteiger partial charge in [-0.15, -0.1) is 0 Å². The number of likely N-dealkylation sites (tertiary alicyclic amines) is 1. The summed E-state index contributed by atoms with van der Waals surface area (Å²) in [6.45, 7) is 1.75. The number of hydrogen-bond acceptors (Lipinski definition) is 4. The zero-order chi connectivity index (χ0) is 15.8. The van der Waals surface area contributed by atoms with Crippen LogP contribution in [0.2, 0.25) is 0 Å². The summed E-state index contributed by atoms with van der Waals surface area (Å²) in [5.74, 6) is -1.89. The van der Waals surface area contributed by atoms with E-state index in [1.807, 2.05) is 0 Å². The molecule has 0 aromatic rings. The van der Waals surface area contributed by atoms with Crippen molar-refractivity contribution in [3.05, 3.63) is 0 Å². The van der Waals surface area contributed by atoms with E-state index in [1.165, 1.54) is 0 Å². The number of nitrogens with zero attached hydrogens (tertiary/aromatic N) is 1. The molecule has 0 saturated carbocycles. The predicted molar refractivity (Wildman–Crippen MR) is 73.0 cm³/mol. The number of carbonyl (C=O) groups is 3. The summed E-state index contributed by atoms with van der Waals surface area (Å²) >= 11 is 0. The molecule has 1 aliphatic rings. The van der Waals surface area contributed by atoms with Crippen molar-refractivity contribution in [2.75, 3.05) is 26.8 Å². The SMILES string of the molecule is COCC1CCN(C(=O)NC(CCC(=O)O)C(=O)O)CC1. The maximum absolute atomic E-state index is 12.0. The number of hydrogen-bond donors (Lipinski definition) is 3. The highest BCUT2D eigenvalue weighted by Gasteiger charge is 2.26. The van der Waals surface area contributed by atoms with Crippen LogP contribution in [0.15, 0.2) is 0 Å². The van der Waals surface area contributed by atoms with Crippen LogP contribution in [0.25, 0.3) is 0 Å². The van der Waals surface area contributed by atoms with Crippen LogP contribution in [0.4, 0.5) is 4.79 Å². The molecule has 0 spiro atoms. The van der Waals surface area contributed by atoms with Gasteiger partial charge in [0.05, 0.1) is 0 Å². The third-order valence-electron chi connectivity index (χ3n) is 3.55. The average Bonchev–Trinajstić information content (AvgIpc) is 2.43. The van der Waals surface area contributed by atoms with E-state index in [9.17, 15) is 14.4 Å². The van der Waals surface area contributed by atoms with Crippen LogP contribution in [0.5, 0.6) is 0 Å². The number of nitrogens with one attached hydrogen (secondary N) is 1. The standard InChI is InChI=1S/C13H22N2O6/c1-21-8-9-4-6-15(7-5-9)13(20)14-10(12(18)19)2-3-11(16)17/h9-10H,2-8H2,1H3,(H,14,20)(H,16,17)(H,18,19). The highest BCUT2D eigenvalue weighted by atomic mass is 16.5. The van der Waals surface area contributed by atoms with Crippen LogP contribution < -0.4 is 5.32 Å². The Morgan fingerprint density at radius 2 is 1.90 bits per heavy atom. The summed E-state index contributed by atoms with van der Waals surface area (Å²) in [6, 6.07) is -1.63. The first kappa shape index (κ1) is 17.2. The fraction of sp³-hybridized carbons (Fsp3) is 0.769.